The van der Waals surface area contributed by atoms with Crippen molar-refractivity contribution in [3.63, 3.8) is 0 Å². The average molecular weight is 1050 g/mol. The first-order chi connectivity index (χ1) is 35.8. The number of carboxylic acids is 2. The molecule has 2 saturated carbocycles. The minimum absolute atomic E-state index is 0.00344. The number of carbonyl (C=O) groups is 10. The first kappa shape index (κ1) is 56.0. The van der Waals surface area contributed by atoms with Gasteiger partial charge in [-0.3, -0.25) is 38.4 Å². The fraction of sp³-hybridized carbons (Fsp3) is 0.455. The van der Waals surface area contributed by atoms with Crippen LogP contribution < -0.4 is 5.32 Å². The molecule has 1 heterocycles. The maximum atomic E-state index is 16.2. The van der Waals surface area contributed by atoms with Crippen LogP contribution in [-0.2, 0) is 71.5 Å². The lowest BCUT2D eigenvalue weighted by Crippen LogP contribution is -2.82. The van der Waals surface area contributed by atoms with Gasteiger partial charge >= 0.3 is 47.8 Å². The topological polar surface area (TPSA) is 308 Å². The van der Waals surface area contributed by atoms with E-state index in [4.69, 9.17) is 33.2 Å². The Morgan fingerprint density at radius 3 is 1.83 bits per heavy atom. The molecule has 3 aliphatic carbocycles. The van der Waals surface area contributed by atoms with Crippen LogP contribution in [0.5, 0.6) is 0 Å². The number of fused-ring (bicyclic) bond motifs is 5. The van der Waals surface area contributed by atoms with Gasteiger partial charge in [-0.2, -0.15) is 0 Å². The fourth-order valence-corrected chi connectivity index (χ4v) is 11.3. The van der Waals surface area contributed by atoms with Crippen LogP contribution in [0.15, 0.2) is 102 Å². The Morgan fingerprint density at radius 2 is 1.29 bits per heavy atom. The maximum Gasteiger partial charge on any atom is 0.350 e. The van der Waals surface area contributed by atoms with Crippen molar-refractivity contribution in [2.24, 2.45) is 16.7 Å². The van der Waals surface area contributed by atoms with Gasteiger partial charge in [0.25, 0.3) is 5.91 Å². The third-order valence-electron chi connectivity index (χ3n) is 15.0. The molecule has 4 N–H and O–H groups in total. The third kappa shape index (κ3) is 10.8. The highest BCUT2D eigenvalue weighted by Crippen LogP contribution is 2.65. The number of aliphatic hydroxyl groups is 1. The number of ketones is 1. The molecule has 21 heteroatoms. The highest BCUT2D eigenvalue weighted by atomic mass is 16.6. The van der Waals surface area contributed by atoms with E-state index < -0.39 is 169 Å². The zero-order chi connectivity index (χ0) is 55.5. The van der Waals surface area contributed by atoms with Crippen LogP contribution in [0.25, 0.3) is 0 Å². The fourth-order valence-electron chi connectivity index (χ4n) is 11.3. The highest BCUT2D eigenvalue weighted by Gasteiger charge is 2.79. The number of benzene rings is 3. The Kier molecular flexibility index (Phi) is 16.3. The predicted molar refractivity (Wildman–Crippen MR) is 259 cm³/mol. The number of carbonyl (C=O) groups excluding carboxylic acids is 8. The van der Waals surface area contributed by atoms with Crippen molar-refractivity contribution < 1.29 is 96.4 Å². The second-order valence-electron chi connectivity index (χ2n) is 20.1. The van der Waals surface area contributed by atoms with Gasteiger partial charge in [-0.15, -0.1) is 0 Å². The van der Waals surface area contributed by atoms with E-state index in [1.807, 2.05) is 0 Å². The summed E-state index contributed by atoms with van der Waals surface area (Å²) in [7, 11) is 0. The Balaban J connectivity index is 1.45. The zero-order valence-corrected chi connectivity index (χ0v) is 42.5. The van der Waals surface area contributed by atoms with Crippen LogP contribution in [0.3, 0.4) is 0 Å². The van der Waals surface area contributed by atoms with Gasteiger partial charge < -0.3 is 53.8 Å². The molecule has 3 aromatic carbocycles. The molecule has 2 bridgehead atoms. The van der Waals surface area contributed by atoms with Crippen LogP contribution in [-0.4, -0.2) is 129 Å². The summed E-state index contributed by atoms with van der Waals surface area (Å²) in [4.78, 5) is 137. The van der Waals surface area contributed by atoms with Crippen LogP contribution in [0.2, 0.25) is 0 Å². The van der Waals surface area contributed by atoms with E-state index in [1.165, 1.54) is 76.2 Å². The Hall–Kier alpha value is -7.78. The number of nitrogens with one attached hydrogen (secondary N) is 1. The Bertz CT molecular complexity index is 2810. The lowest BCUT2D eigenvalue weighted by molar-refractivity contribution is -0.346. The van der Waals surface area contributed by atoms with Crippen molar-refractivity contribution in [1.82, 2.24) is 5.32 Å². The lowest BCUT2D eigenvalue weighted by Gasteiger charge is -2.67. The van der Waals surface area contributed by atoms with E-state index in [0.717, 1.165) is 13.8 Å². The summed E-state index contributed by atoms with van der Waals surface area (Å²) in [5.41, 5.74) is -8.62. The number of aliphatic carboxylic acids is 2. The minimum Gasteiger partial charge on any atom is -0.481 e. The molecule has 4 aliphatic rings. The van der Waals surface area contributed by atoms with Crippen molar-refractivity contribution in [2.75, 3.05) is 6.61 Å². The molecule has 1 aliphatic heterocycles. The third-order valence-corrected chi connectivity index (χ3v) is 15.0. The molecule has 0 radical (unpaired) electrons. The van der Waals surface area contributed by atoms with E-state index in [2.05, 4.69) is 5.32 Å². The lowest BCUT2D eigenvalue weighted by atomic mass is 9.44. The summed E-state index contributed by atoms with van der Waals surface area (Å²) in [6, 6.07) is 21.6. The first-order valence-electron chi connectivity index (χ1n) is 24.5. The van der Waals surface area contributed by atoms with Gasteiger partial charge in [-0.05, 0) is 54.8 Å². The summed E-state index contributed by atoms with van der Waals surface area (Å²) in [5.74, 6) is -12.8. The largest absolute Gasteiger partial charge is 0.481 e. The molecular weight excluding hydrogens is 995 g/mol. The summed E-state index contributed by atoms with van der Waals surface area (Å²) >= 11 is 0. The monoisotopic (exact) mass is 1050 g/mol. The molecule has 0 spiro atoms. The second kappa shape index (κ2) is 22.2. The average Bonchev–Trinajstić information content (AvgIpc) is 3.37. The number of Topliss-reactive ketones (excluding diaryl/α,β-unsaturated/α-hetero) is 1. The molecule has 11 atom stereocenters. The van der Waals surface area contributed by atoms with Crippen molar-refractivity contribution in [3.05, 3.63) is 119 Å². The standard InChI is InChI=1S/C55H59NO20/c1-29-35(72-51(68)45(74-41(64)25-23-39(61)62)43(32-16-10-7-11-17-32)56-49(66)33-18-12-8-13-19-33)27-55(69)48(75-50(67)34-20-14-9-15-21-34)46-53(6,47(65)44(71-30(2)57)42(29)52(55,4)5)36(73-40(63)24-22-38(59)60)26-37-54(46,28-70-37)76-31(3)58/h7-21,35-37,43-46,48,69H,22-28H2,1-6H3,(H,56,66)(H,59,60)(H,61,62)/t35?,36-,37?,43?,44+,45+,46?,48+,53+,54+,55+/m0/s1. The summed E-state index contributed by atoms with van der Waals surface area (Å²) in [6.45, 7) is 7.28. The van der Waals surface area contributed by atoms with Crippen molar-refractivity contribution in [1.29, 1.82) is 0 Å². The second-order valence-corrected chi connectivity index (χ2v) is 20.1. The predicted octanol–water partition coefficient (Wildman–Crippen LogP) is 4.57. The molecule has 76 heavy (non-hydrogen) atoms. The summed E-state index contributed by atoms with van der Waals surface area (Å²) < 4.78 is 42.7. The molecule has 1 amide bonds. The van der Waals surface area contributed by atoms with Crippen molar-refractivity contribution >= 4 is 59.4 Å². The Labute approximate surface area is 436 Å². The highest BCUT2D eigenvalue weighted by molar-refractivity contribution is 5.97. The van der Waals surface area contributed by atoms with Crippen LogP contribution in [0.1, 0.15) is 112 Å². The van der Waals surface area contributed by atoms with Crippen LogP contribution in [0, 0.1) is 16.7 Å². The van der Waals surface area contributed by atoms with Crippen LogP contribution in [0.4, 0.5) is 0 Å². The van der Waals surface area contributed by atoms with Crippen molar-refractivity contribution in [3.8, 4) is 0 Å². The molecule has 3 aromatic rings. The number of hydrogen-bond donors (Lipinski definition) is 4. The van der Waals surface area contributed by atoms with Crippen LogP contribution >= 0.6 is 0 Å². The van der Waals surface area contributed by atoms with Gasteiger partial charge in [0.1, 0.15) is 36.1 Å². The van der Waals surface area contributed by atoms with Gasteiger partial charge in [-0.25, -0.2) is 9.59 Å². The van der Waals surface area contributed by atoms with E-state index >= 15 is 9.59 Å². The molecule has 0 aromatic heterocycles. The summed E-state index contributed by atoms with van der Waals surface area (Å²) in [6.07, 6.45) is -14.6. The number of hydrogen-bond acceptors (Lipinski definition) is 18. The molecule has 1 saturated heterocycles. The number of ether oxygens (including phenoxy) is 7. The molecule has 4 unspecified atom stereocenters. The van der Waals surface area contributed by atoms with Gasteiger partial charge in [0.05, 0.1) is 49.2 Å². The van der Waals surface area contributed by atoms with E-state index in [9.17, 15) is 53.7 Å². The normalized spacial score (nSPS) is 27.9. The van der Waals surface area contributed by atoms with E-state index in [1.54, 1.807) is 42.5 Å². The number of esters is 6. The molecule has 404 valence electrons. The molecule has 21 nitrogen and oxygen atoms in total. The van der Waals surface area contributed by atoms with Gasteiger partial charge in [0.2, 0.25) is 6.10 Å². The van der Waals surface area contributed by atoms with E-state index in [-0.39, 0.29) is 34.3 Å². The number of rotatable bonds is 18. The SMILES string of the molecule is CC(=O)O[C@H]1C(=O)[C@@]2(C)C([C@@H](OC(=O)c3ccccc3)[C@]3(O)CC(OC(=O)[C@H](OC(=O)CCC(=O)O)C(NC(=O)c4ccccc4)c4ccccc4)C(C)=C1C3(C)C)[C@@]1(OC(C)=O)COC1C[C@@H]2OC(=O)CCC(=O)O. The van der Waals surface area contributed by atoms with Gasteiger partial charge in [0, 0.05) is 37.7 Å². The Morgan fingerprint density at radius 1 is 0.724 bits per heavy atom. The number of amides is 1. The zero-order valence-electron chi connectivity index (χ0n) is 42.5. The minimum atomic E-state index is -2.63. The molecular formula is C55H59NO20. The number of carboxylic acid groups (broad SMARTS) is 2. The van der Waals surface area contributed by atoms with Crippen molar-refractivity contribution in [2.45, 2.75) is 134 Å². The summed E-state index contributed by atoms with van der Waals surface area (Å²) in [5, 5.41) is 35.7. The molecule has 3 fully saturated rings. The van der Waals surface area contributed by atoms with Gasteiger partial charge in [0.15, 0.2) is 17.5 Å². The van der Waals surface area contributed by atoms with Gasteiger partial charge in [-0.1, -0.05) is 80.6 Å². The quantitative estimate of drug-likeness (QED) is 0.0770. The first-order valence-corrected chi connectivity index (χ1v) is 24.5. The smallest absolute Gasteiger partial charge is 0.350 e. The van der Waals surface area contributed by atoms with E-state index in [0.29, 0.717) is 0 Å². The molecule has 7 rings (SSSR count). The maximum absolute atomic E-state index is 16.2.